The molecule has 0 aliphatic heterocycles. The lowest BCUT2D eigenvalue weighted by molar-refractivity contribution is -0.148. The lowest BCUT2D eigenvalue weighted by Crippen LogP contribution is -2.45. The maximum atomic E-state index is 12.5. The smallest absolute Gasteiger partial charge is 0.329 e. The van der Waals surface area contributed by atoms with Gasteiger partial charge in [0.2, 0.25) is 5.89 Å². The Morgan fingerprint density at radius 3 is 2.46 bits per heavy atom. The number of benzene rings is 1. The molecule has 28 heavy (non-hydrogen) atoms. The van der Waals surface area contributed by atoms with E-state index >= 15 is 0 Å². The summed E-state index contributed by atoms with van der Waals surface area (Å²) in [5, 5.41) is 2.69. The van der Waals surface area contributed by atoms with Gasteiger partial charge >= 0.3 is 5.97 Å². The van der Waals surface area contributed by atoms with Gasteiger partial charge in [0.25, 0.3) is 5.91 Å². The molecular formula is C21H29N3O4. The number of hydrogen-bond acceptors (Lipinski definition) is 6. The summed E-state index contributed by atoms with van der Waals surface area (Å²) < 4.78 is 10.7. The summed E-state index contributed by atoms with van der Waals surface area (Å²) in [7, 11) is 0. The summed E-state index contributed by atoms with van der Waals surface area (Å²) in [5.41, 5.74) is 7.01. The molecule has 2 rings (SSSR count). The van der Waals surface area contributed by atoms with Gasteiger partial charge in [-0.15, -0.1) is 0 Å². The molecule has 0 spiro atoms. The van der Waals surface area contributed by atoms with Crippen molar-refractivity contribution in [2.45, 2.75) is 52.8 Å². The molecule has 1 aromatic carbocycles. The van der Waals surface area contributed by atoms with E-state index in [-0.39, 0.29) is 24.3 Å². The molecule has 0 saturated heterocycles. The SMILES string of the molecule is CC(C)CC(N)c1nc(C(=O)NC(C(=O)OCc2ccccc2)C(C)C)co1. The number of hydrogen-bond donors (Lipinski definition) is 2. The van der Waals surface area contributed by atoms with Crippen LogP contribution in [0.15, 0.2) is 41.0 Å². The van der Waals surface area contributed by atoms with E-state index in [1.165, 1.54) is 6.26 Å². The van der Waals surface area contributed by atoms with Gasteiger partial charge in [0, 0.05) is 0 Å². The van der Waals surface area contributed by atoms with Crippen molar-refractivity contribution in [3.63, 3.8) is 0 Å². The highest BCUT2D eigenvalue weighted by Crippen LogP contribution is 2.18. The lowest BCUT2D eigenvalue weighted by atomic mass is 10.0. The van der Waals surface area contributed by atoms with Crippen molar-refractivity contribution in [3.8, 4) is 0 Å². The van der Waals surface area contributed by atoms with Gasteiger partial charge in [-0.3, -0.25) is 4.79 Å². The molecule has 7 heteroatoms. The summed E-state index contributed by atoms with van der Waals surface area (Å²) in [6, 6.07) is 8.20. The predicted octanol–water partition coefficient (Wildman–Crippen LogP) is 3.22. The largest absolute Gasteiger partial charge is 0.459 e. The topological polar surface area (TPSA) is 107 Å². The number of carbonyl (C=O) groups is 2. The van der Waals surface area contributed by atoms with Gasteiger partial charge < -0.3 is 20.2 Å². The minimum atomic E-state index is -0.791. The standard InChI is InChI=1S/C21H29N3O4/c1-13(2)10-16(22)20-23-17(12-27-20)19(25)24-18(14(3)4)21(26)28-11-15-8-6-5-7-9-15/h5-9,12-14,16,18H,10-11,22H2,1-4H3,(H,24,25). The highest BCUT2D eigenvalue weighted by Gasteiger charge is 2.28. The quantitative estimate of drug-likeness (QED) is 0.640. The zero-order valence-electron chi connectivity index (χ0n) is 16.8. The first kappa shape index (κ1) is 21.6. The third-order valence-corrected chi connectivity index (χ3v) is 4.23. The van der Waals surface area contributed by atoms with E-state index in [0.29, 0.717) is 18.2 Å². The first-order valence-electron chi connectivity index (χ1n) is 9.50. The molecule has 0 fully saturated rings. The number of rotatable bonds is 9. The molecule has 0 bridgehead atoms. The number of oxazole rings is 1. The van der Waals surface area contributed by atoms with Crippen LogP contribution >= 0.6 is 0 Å². The van der Waals surface area contributed by atoms with Crippen LogP contribution in [0.3, 0.4) is 0 Å². The molecule has 152 valence electrons. The molecule has 1 heterocycles. The fourth-order valence-electron chi connectivity index (χ4n) is 2.70. The van der Waals surface area contributed by atoms with Crippen molar-refractivity contribution >= 4 is 11.9 Å². The molecule has 2 unspecified atom stereocenters. The highest BCUT2D eigenvalue weighted by molar-refractivity contribution is 5.95. The van der Waals surface area contributed by atoms with Crippen LogP contribution in [0.25, 0.3) is 0 Å². The van der Waals surface area contributed by atoms with Crippen LogP contribution in [0, 0.1) is 11.8 Å². The van der Waals surface area contributed by atoms with Gasteiger partial charge in [0.1, 0.15) is 18.9 Å². The van der Waals surface area contributed by atoms with E-state index in [1.54, 1.807) is 0 Å². The Bertz CT molecular complexity index is 771. The van der Waals surface area contributed by atoms with Crippen LogP contribution in [-0.4, -0.2) is 22.9 Å². The Labute approximate surface area is 165 Å². The Morgan fingerprint density at radius 2 is 1.86 bits per heavy atom. The summed E-state index contributed by atoms with van der Waals surface area (Å²) in [6.07, 6.45) is 1.96. The molecule has 1 amide bonds. The molecule has 3 N–H and O–H groups in total. The summed E-state index contributed by atoms with van der Waals surface area (Å²) in [6.45, 7) is 7.91. The molecular weight excluding hydrogens is 358 g/mol. The fourth-order valence-corrected chi connectivity index (χ4v) is 2.70. The number of nitrogens with one attached hydrogen (secondary N) is 1. The van der Waals surface area contributed by atoms with E-state index in [9.17, 15) is 9.59 Å². The van der Waals surface area contributed by atoms with E-state index in [4.69, 9.17) is 14.9 Å². The zero-order chi connectivity index (χ0) is 20.7. The second-order valence-electron chi connectivity index (χ2n) is 7.60. The molecule has 7 nitrogen and oxygen atoms in total. The molecule has 0 aliphatic rings. The van der Waals surface area contributed by atoms with E-state index in [1.807, 2.05) is 58.0 Å². The monoisotopic (exact) mass is 387 g/mol. The van der Waals surface area contributed by atoms with Crippen LogP contribution in [0.2, 0.25) is 0 Å². The molecule has 2 atom stereocenters. The van der Waals surface area contributed by atoms with Gasteiger partial charge in [0.15, 0.2) is 5.69 Å². The summed E-state index contributed by atoms with van der Waals surface area (Å²) in [4.78, 5) is 29.1. The Morgan fingerprint density at radius 1 is 1.18 bits per heavy atom. The molecule has 0 radical (unpaired) electrons. The number of nitrogens with zero attached hydrogens (tertiary/aromatic N) is 1. The van der Waals surface area contributed by atoms with Crippen LogP contribution < -0.4 is 11.1 Å². The second kappa shape index (κ2) is 10.0. The summed E-state index contributed by atoms with van der Waals surface area (Å²) >= 11 is 0. The Kier molecular flexibility index (Phi) is 7.75. The zero-order valence-corrected chi connectivity index (χ0v) is 16.8. The van der Waals surface area contributed by atoms with Crippen molar-refractivity contribution in [2.75, 3.05) is 0 Å². The van der Waals surface area contributed by atoms with Crippen molar-refractivity contribution in [1.82, 2.24) is 10.3 Å². The normalized spacial score (nSPS) is 13.4. The first-order chi connectivity index (χ1) is 13.3. The molecule has 0 aliphatic carbocycles. The van der Waals surface area contributed by atoms with E-state index in [0.717, 1.165) is 5.56 Å². The second-order valence-corrected chi connectivity index (χ2v) is 7.60. The third kappa shape index (κ3) is 6.20. The minimum Gasteiger partial charge on any atom is -0.459 e. The predicted molar refractivity (Wildman–Crippen MR) is 105 cm³/mol. The van der Waals surface area contributed by atoms with Crippen molar-refractivity contribution < 1.29 is 18.7 Å². The molecule has 2 aromatic rings. The summed E-state index contributed by atoms with van der Waals surface area (Å²) in [5.74, 6) is -0.452. The lowest BCUT2D eigenvalue weighted by Gasteiger charge is -2.20. The van der Waals surface area contributed by atoms with Crippen LogP contribution in [0.1, 0.15) is 62.1 Å². The van der Waals surface area contributed by atoms with Gasteiger partial charge in [0.05, 0.1) is 6.04 Å². The fraction of sp³-hybridized carbons (Fsp3) is 0.476. The number of esters is 1. The number of amides is 1. The van der Waals surface area contributed by atoms with E-state index < -0.39 is 17.9 Å². The number of carbonyl (C=O) groups excluding carboxylic acids is 2. The average Bonchev–Trinajstić information content (AvgIpc) is 3.14. The van der Waals surface area contributed by atoms with Crippen LogP contribution in [0.5, 0.6) is 0 Å². The number of ether oxygens (including phenoxy) is 1. The first-order valence-corrected chi connectivity index (χ1v) is 9.50. The van der Waals surface area contributed by atoms with E-state index in [2.05, 4.69) is 10.3 Å². The van der Waals surface area contributed by atoms with Gasteiger partial charge in [-0.25, -0.2) is 9.78 Å². The number of aromatic nitrogens is 1. The third-order valence-electron chi connectivity index (χ3n) is 4.23. The Balaban J connectivity index is 1.98. The van der Waals surface area contributed by atoms with Crippen molar-refractivity contribution in [1.29, 1.82) is 0 Å². The van der Waals surface area contributed by atoms with Gasteiger partial charge in [-0.2, -0.15) is 0 Å². The number of nitrogens with two attached hydrogens (primary N) is 1. The maximum absolute atomic E-state index is 12.5. The molecule has 1 aromatic heterocycles. The Hall–Kier alpha value is -2.67. The highest BCUT2D eigenvalue weighted by atomic mass is 16.5. The van der Waals surface area contributed by atoms with Crippen molar-refractivity contribution in [2.24, 2.45) is 17.6 Å². The van der Waals surface area contributed by atoms with Crippen LogP contribution in [-0.2, 0) is 16.1 Å². The average molecular weight is 387 g/mol. The minimum absolute atomic E-state index is 0.0933. The van der Waals surface area contributed by atoms with Crippen LogP contribution in [0.4, 0.5) is 0 Å². The molecule has 0 saturated carbocycles. The van der Waals surface area contributed by atoms with Gasteiger partial charge in [-0.1, -0.05) is 58.0 Å². The van der Waals surface area contributed by atoms with Crippen molar-refractivity contribution in [3.05, 3.63) is 53.7 Å². The maximum Gasteiger partial charge on any atom is 0.329 e. The van der Waals surface area contributed by atoms with Gasteiger partial charge in [-0.05, 0) is 23.8 Å².